The quantitative estimate of drug-likeness (QED) is 0.654. The zero-order chi connectivity index (χ0) is 16.1. The molecule has 2 rings (SSSR count). The summed E-state index contributed by atoms with van der Waals surface area (Å²) in [5, 5.41) is 5.49. The Kier molecular flexibility index (Phi) is 5.63. The van der Waals surface area contributed by atoms with Crippen LogP contribution in [0.5, 0.6) is 0 Å². The molecule has 0 saturated carbocycles. The van der Waals surface area contributed by atoms with E-state index in [0.29, 0.717) is 21.4 Å². The number of rotatable bonds is 5. The largest absolute Gasteiger partial charge is 0.465 e. The number of thioether (sulfide) groups is 1. The van der Waals surface area contributed by atoms with Crippen molar-refractivity contribution in [1.29, 1.82) is 0 Å². The summed E-state index contributed by atoms with van der Waals surface area (Å²) in [4.78, 5) is 25.0. The molecule has 116 valence electrons. The Bertz CT molecular complexity index is 662. The normalized spacial score (nSPS) is 10.5. The summed E-state index contributed by atoms with van der Waals surface area (Å²) in [6.07, 6.45) is 0. The van der Waals surface area contributed by atoms with Crippen molar-refractivity contribution in [2.45, 2.75) is 24.0 Å². The molecule has 6 heteroatoms. The van der Waals surface area contributed by atoms with Gasteiger partial charge in [0.05, 0.1) is 12.7 Å². The monoisotopic (exact) mass is 335 g/mol. The number of esters is 1. The van der Waals surface area contributed by atoms with Gasteiger partial charge in [-0.05, 0) is 35.7 Å². The van der Waals surface area contributed by atoms with Crippen molar-refractivity contribution in [3.63, 3.8) is 0 Å². The van der Waals surface area contributed by atoms with Crippen molar-refractivity contribution in [2.24, 2.45) is 0 Å². The minimum atomic E-state index is -0.458. The van der Waals surface area contributed by atoms with Crippen molar-refractivity contribution in [2.75, 3.05) is 12.4 Å². The summed E-state index contributed by atoms with van der Waals surface area (Å²) in [6.45, 7) is 4.24. The van der Waals surface area contributed by atoms with E-state index in [1.165, 1.54) is 18.4 Å². The molecule has 0 saturated heterocycles. The molecular weight excluding hydrogens is 318 g/mol. The zero-order valence-electron chi connectivity index (χ0n) is 12.6. The van der Waals surface area contributed by atoms with Crippen LogP contribution in [0.15, 0.2) is 40.6 Å². The summed E-state index contributed by atoms with van der Waals surface area (Å²) in [5.74, 6) is -0.700. The number of amides is 1. The van der Waals surface area contributed by atoms with Crippen molar-refractivity contribution in [3.8, 4) is 0 Å². The van der Waals surface area contributed by atoms with Gasteiger partial charge in [0, 0.05) is 15.7 Å². The predicted octanol–water partition coefficient (Wildman–Crippen LogP) is 4.29. The first-order chi connectivity index (χ1) is 10.5. The molecule has 22 heavy (non-hydrogen) atoms. The molecule has 0 aliphatic rings. The second kappa shape index (κ2) is 7.47. The van der Waals surface area contributed by atoms with Crippen molar-refractivity contribution in [1.82, 2.24) is 0 Å². The van der Waals surface area contributed by atoms with E-state index in [2.05, 4.69) is 23.9 Å². The highest BCUT2D eigenvalue weighted by Gasteiger charge is 2.16. The molecule has 1 amide bonds. The smallest absolute Gasteiger partial charge is 0.340 e. The predicted molar refractivity (Wildman–Crippen MR) is 91.0 cm³/mol. The van der Waals surface area contributed by atoms with E-state index >= 15 is 0 Å². The van der Waals surface area contributed by atoms with Crippen LogP contribution in [-0.2, 0) is 4.74 Å². The molecule has 1 aromatic carbocycles. The minimum Gasteiger partial charge on any atom is -0.465 e. The Morgan fingerprint density at radius 2 is 1.86 bits per heavy atom. The maximum atomic E-state index is 12.2. The summed E-state index contributed by atoms with van der Waals surface area (Å²) < 4.78 is 4.69. The van der Waals surface area contributed by atoms with Gasteiger partial charge in [0.1, 0.15) is 5.00 Å². The molecule has 0 fully saturated rings. The van der Waals surface area contributed by atoms with Crippen LogP contribution in [0.25, 0.3) is 0 Å². The zero-order valence-corrected chi connectivity index (χ0v) is 14.2. The maximum absolute atomic E-state index is 12.2. The van der Waals surface area contributed by atoms with E-state index in [0.717, 1.165) is 4.90 Å². The Morgan fingerprint density at radius 1 is 1.18 bits per heavy atom. The molecule has 0 aliphatic carbocycles. The standard InChI is InChI=1S/C16H17NO3S2/c1-10(2)22-12-6-4-11(5-7-12)14(18)17-15-13(8-9-21-15)16(19)20-3/h4-10H,1-3H3,(H,17,18). The van der Waals surface area contributed by atoms with Crippen LogP contribution in [0.2, 0.25) is 0 Å². The first kappa shape index (κ1) is 16.6. The van der Waals surface area contributed by atoms with Gasteiger partial charge in [-0.1, -0.05) is 13.8 Å². The molecule has 2 aromatic rings. The lowest BCUT2D eigenvalue weighted by Crippen LogP contribution is -2.13. The highest BCUT2D eigenvalue weighted by Crippen LogP contribution is 2.26. The van der Waals surface area contributed by atoms with Crippen LogP contribution in [0.4, 0.5) is 5.00 Å². The molecule has 1 N–H and O–H groups in total. The van der Waals surface area contributed by atoms with Crippen LogP contribution in [0, 0.1) is 0 Å². The summed E-state index contributed by atoms with van der Waals surface area (Å²) in [5.41, 5.74) is 0.921. The van der Waals surface area contributed by atoms with Crippen LogP contribution in [0.3, 0.4) is 0 Å². The molecule has 0 radical (unpaired) electrons. The number of benzene rings is 1. The molecule has 0 spiro atoms. The summed E-state index contributed by atoms with van der Waals surface area (Å²) in [7, 11) is 1.32. The number of nitrogens with one attached hydrogen (secondary N) is 1. The average Bonchev–Trinajstić information content (AvgIpc) is 2.94. The lowest BCUT2D eigenvalue weighted by Gasteiger charge is -2.07. The van der Waals surface area contributed by atoms with Gasteiger partial charge >= 0.3 is 5.97 Å². The fourth-order valence-electron chi connectivity index (χ4n) is 1.81. The number of ether oxygens (including phenoxy) is 1. The number of anilines is 1. The summed E-state index contributed by atoms with van der Waals surface area (Å²) >= 11 is 3.03. The lowest BCUT2D eigenvalue weighted by atomic mass is 10.2. The Hall–Kier alpha value is -1.79. The molecular formula is C16H17NO3S2. The maximum Gasteiger partial charge on any atom is 0.340 e. The summed E-state index contributed by atoms with van der Waals surface area (Å²) in [6, 6.07) is 9.05. The first-order valence-electron chi connectivity index (χ1n) is 6.75. The topological polar surface area (TPSA) is 55.4 Å². The first-order valence-corrected chi connectivity index (χ1v) is 8.51. The Balaban J connectivity index is 2.09. The second-order valence-electron chi connectivity index (χ2n) is 4.80. The Morgan fingerprint density at radius 3 is 2.45 bits per heavy atom. The molecule has 0 bridgehead atoms. The van der Waals surface area contributed by atoms with Gasteiger partial charge in [-0.3, -0.25) is 4.79 Å². The van der Waals surface area contributed by atoms with E-state index in [4.69, 9.17) is 0 Å². The van der Waals surface area contributed by atoms with Gasteiger partial charge in [-0.15, -0.1) is 23.1 Å². The number of carbonyl (C=O) groups excluding carboxylic acids is 2. The molecule has 0 atom stereocenters. The highest BCUT2D eigenvalue weighted by molar-refractivity contribution is 7.99. The van der Waals surface area contributed by atoms with E-state index in [1.807, 2.05) is 12.1 Å². The van der Waals surface area contributed by atoms with Crippen LogP contribution >= 0.6 is 23.1 Å². The van der Waals surface area contributed by atoms with Gasteiger partial charge in [0.15, 0.2) is 0 Å². The van der Waals surface area contributed by atoms with Gasteiger partial charge in [-0.25, -0.2) is 4.79 Å². The highest BCUT2D eigenvalue weighted by atomic mass is 32.2. The van der Waals surface area contributed by atoms with Crippen LogP contribution in [0.1, 0.15) is 34.6 Å². The molecule has 1 heterocycles. The van der Waals surface area contributed by atoms with Gasteiger partial charge < -0.3 is 10.1 Å². The van der Waals surface area contributed by atoms with Crippen molar-refractivity contribution < 1.29 is 14.3 Å². The fourth-order valence-corrected chi connectivity index (χ4v) is 3.42. The van der Waals surface area contributed by atoms with Crippen molar-refractivity contribution in [3.05, 3.63) is 46.8 Å². The molecule has 0 aliphatic heterocycles. The SMILES string of the molecule is COC(=O)c1ccsc1NC(=O)c1ccc(SC(C)C)cc1. The van der Waals surface area contributed by atoms with Crippen LogP contribution in [-0.4, -0.2) is 24.2 Å². The fraction of sp³-hybridized carbons (Fsp3) is 0.250. The third-order valence-corrected chi connectivity index (χ3v) is 4.63. The average molecular weight is 335 g/mol. The number of methoxy groups -OCH3 is 1. The number of carbonyl (C=O) groups is 2. The van der Waals surface area contributed by atoms with Crippen LogP contribution < -0.4 is 5.32 Å². The Labute approximate surface area is 137 Å². The number of hydrogen-bond donors (Lipinski definition) is 1. The second-order valence-corrected chi connectivity index (χ2v) is 7.37. The van der Waals surface area contributed by atoms with Gasteiger partial charge in [0.25, 0.3) is 5.91 Å². The minimum absolute atomic E-state index is 0.242. The molecule has 0 unspecified atom stereocenters. The third kappa shape index (κ3) is 4.11. The van der Waals surface area contributed by atoms with Gasteiger partial charge in [-0.2, -0.15) is 0 Å². The van der Waals surface area contributed by atoms with Gasteiger partial charge in [0.2, 0.25) is 0 Å². The van der Waals surface area contributed by atoms with E-state index in [-0.39, 0.29) is 5.91 Å². The number of thiophene rings is 1. The van der Waals surface area contributed by atoms with E-state index in [9.17, 15) is 9.59 Å². The van der Waals surface area contributed by atoms with E-state index in [1.54, 1.807) is 35.3 Å². The van der Waals surface area contributed by atoms with E-state index < -0.39 is 5.97 Å². The lowest BCUT2D eigenvalue weighted by molar-refractivity contribution is 0.0602. The molecule has 1 aromatic heterocycles. The number of hydrogen-bond acceptors (Lipinski definition) is 5. The third-order valence-electron chi connectivity index (χ3n) is 2.79. The molecule has 4 nitrogen and oxygen atoms in total. The van der Waals surface area contributed by atoms with Crippen molar-refractivity contribution >= 4 is 40.0 Å².